The predicted octanol–water partition coefficient (Wildman–Crippen LogP) is 5.74. The van der Waals surface area contributed by atoms with Gasteiger partial charge < -0.3 is 10.1 Å². The standard InChI is InChI=1S/C21H15ClF2N2O2S/c22-17-9-5-4-8-15(17)19(27)26-21(29)25-14-10-11-18(28-20(23)24)16(12-14)13-6-2-1-3-7-13/h1-12,20H,(H2,25,26,27,29). The van der Waals surface area contributed by atoms with Gasteiger partial charge in [0.2, 0.25) is 0 Å². The van der Waals surface area contributed by atoms with Crippen molar-refractivity contribution in [3.05, 3.63) is 83.4 Å². The van der Waals surface area contributed by atoms with Gasteiger partial charge in [0, 0.05) is 11.3 Å². The van der Waals surface area contributed by atoms with E-state index in [1.165, 1.54) is 12.1 Å². The van der Waals surface area contributed by atoms with Gasteiger partial charge >= 0.3 is 6.61 Å². The summed E-state index contributed by atoms with van der Waals surface area (Å²) in [5, 5.41) is 5.74. The quantitative estimate of drug-likeness (QED) is 0.505. The fraction of sp³-hybridized carbons (Fsp3) is 0.0476. The van der Waals surface area contributed by atoms with Gasteiger partial charge in [-0.3, -0.25) is 10.1 Å². The highest BCUT2D eigenvalue weighted by Crippen LogP contribution is 2.33. The Morgan fingerprint density at radius 2 is 1.69 bits per heavy atom. The number of carbonyl (C=O) groups excluding carboxylic acids is 1. The lowest BCUT2D eigenvalue weighted by Crippen LogP contribution is -2.34. The highest BCUT2D eigenvalue weighted by Gasteiger charge is 2.14. The van der Waals surface area contributed by atoms with Crippen LogP contribution in [0, 0.1) is 0 Å². The third-order valence-corrected chi connectivity index (χ3v) is 4.42. The lowest BCUT2D eigenvalue weighted by molar-refractivity contribution is -0.0494. The molecule has 0 fully saturated rings. The second kappa shape index (κ2) is 9.45. The number of amides is 1. The summed E-state index contributed by atoms with van der Waals surface area (Å²) >= 11 is 11.2. The summed E-state index contributed by atoms with van der Waals surface area (Å²) in [4.78, 5) is 12.3. The second-order valence-corrected chi connectivity index (χ2v) is 6.66. The lowest BCUT2D eigenvalue weighted by Gasteiger charge is -2.15. The van der Waals surface area contributed by atoms with Crippen LogP contribution < -0.4 is 15.4 Å². The number of anilines is 1. The Hall–Kier alpha value is -3.03. The van der Waals surface area contributed by atoms with Gasteiger partial charge in [-0.2, -0.15) is 8.78 Å². The SMILES string of the molecule is O=C(NC(=S)Nc1ccc(OC(F)F)c(-c2ccccc2)c1)c1ccccc1Cl. The highest BCUT2D eigenvalue weighted by molar-refractivity contribution is 7.80. The zero-order chi connectivity index (χ0) is 20.8. The summed E-state index contributed by atoms with van der Waals surface area (Å²) in [6, 6.07) is 20.1. The summed E-state index contributed by atoms with van der Waals surface area (Å²) < 4.78 is 30.1. The first kappa shape index (κ1) is 20.7. The molecule has 0 heterocycles. The smallest absolute Gasteiger partial charge is 0.387 e. The molecule has 0 spiro atoms. The Morgan fingerprint density at radius 3 is 2.38 bits per heavy atom. The van der Waals surface area contributed by atoms with Crippen molar-refractivity contribution >= 4 is 40.5 Å². The molecule has 3 aromatic rings. The summed E-state index contributed by atoms with van der Waals surface area (Å²) in [5.74, 6) is -0.434. The van der Waals surface area contributed by atoms with Crippen molar-refractivity contribution in [1.82, 2.24) is 5.32 Å². The van der Waals surface area contributed by atoms with Crippen molar-refractivity contribution in [1.29, 1.82) is 0 Å². The molecule has 0 aliphatic heterocycles. The molecule has 3 aromatic carbocycles. The van der Waals surface area contributed by atoms with Crippen molar-refractivity contribution < 1.29 is 18.3 Å². The molecule has 0 atom stereocenters. The average molecular weight is 433 g/mol. The molecule has 0 radical (unpaired) electrons. The summed E-state index contributed by atoms with van der Waals surface area (Å²) in [6.07, 6.45) is 0. The Morgan fingerprint density at radius 1 is 1.00 bits per heavy atom. The second-order valence-electron chi connectivity index (χ2n) is 5.84. The lowest BCUT2D eigenvalue weighted by atomic mass is 10.0. The summed E-state index contributed by atoms with van der Waals surface area (Å²) in [7, 11) is 0. The first-order valence-electron chi connectivity index (χ1n) is 8.45. The monoisotopic (exact) mass is 432 g/mol. The molecule has 4 nitrogen and oxygen atoms in total. The van der Waals surface area contributed by atoms with Crippen molar-refractivity contribution in [3.63, 3.8) is 0 Å². The maximum Gasteiger partial charge on any atom is 0.387 e. The van der Waals surface area contributed by atoms with Gasteiger partial charge in [-0.05, 0) is 48.1 Å². The number of rotatable bonds is 5. The van der Waals surface area contributed by atoms with Gasteiger partial charge in [0.1, 0.15) is 5.75 Å². The molecule has 1 amide bonds. The van der Waals surface area contributed by atoms with Gasteiger partial charge in [-0.15, -0.1) is 0 Å². The van der Waals surface area contributed by atoms with E-state index in [4.69, 9.17) is 23.8 Å². The number of hydrogen-bond donors (Lipinski definition) is 2. The van der Waals surface area contributed by atoms with Crippen molar-refractivity contribution in [2.75, 3.05) is 5.32 Å². The van der Waals surface area contributed by atoms with Crippen molar-refractivity contribution in [2.24, 2.45) is 0 Å². The van der Waals surface area contributed by atoms with E-state index in [-0.39, 0.29) is 16.4 Å². The van der Waals surface area contributed by atoms with Crippen molar-refractivity contribution in [2.45, 2.75) is 6.61 Å². The Balaban J connectivity index is 1.79. The van der Waals surface area contributed by atoms with Crippen LogP contribution in [-0.4, -0.2) is 17.6 Å². The van der Waals surface area contributed by atoms with Crippen LogP contribution in [0.1, 0.15) is 10.4 Å². The number of ether oxygens (including phenoxy) is 1. The number of nitrogens with one attached hydrogen (secondary N) is 2. The zero-order valence-electron chi connectivity index (χ0n) is 14.9. The van der Waals surface area contributed by atoms with E-state index in [1.54, 1.807) is 54.6 Å². The number of hydrogen-bond acceptors (Lipinski definition) is 3. The van der Waals surface area contributed by atoms with Crippen molar-refractivity contribution in [3.8, 4) is 16.9 Å². The van der Waals surface area contributed by atoms with Gasteiger partial charge in [-0.25, -0.2) is 0 Å². The first-order valence-corrected chi connectivity index (χ1v) is 9.24. The maximum atomic E-state index is 12.7. The van der Waals surface area contributed by atoms with Crippen LogP contribution in [-0.2, 0) is 0 Å². The number of carbonyl (C=O) groups is 1. The third kappa shape index (κ3) is 5.49. The van der Waals surface area contributed by atoms with E-state index in [1.807, 2.05) is 6.07 Å². The Kier molecular flexibility index (Phi) is 6.74. The normalized spacial score (nSPS) is 10.5. The number of thiocarbonyl (C=S) groups is 1. The molecule has 0 bridgehead atoms. The number of alkyl halides is 2. The van der Waals surface area contributed by atoms with E-state index < -0.39 is 12.5 Å². The molecule has 8 heteroatoms. The van der Waals surface area contributed by atoms with E-state index in [2.05, 4.69) is 15.4 Å². The average Bonchev–Trinajstić information content (AvgIpc) is 2.69. The molecular formula is C21H15ClF2N2O2S. The van der Waals surface area contributed by atoms with Crippen LogP contribution in [0.3, 0.4) is 0 Å². The summed E-state index contributed by atoms with van der Waals surface area (Å²) in [5.41, 5.74) is 1.92. The van der Waals surface area contributed by atoms with E-state index in [9.17, 15) is 13.6 Å². The topological polar surface area (TPSA) is 50.4 Å². The minimum Gasteiger partial charge on any atom is -0.434 e. The number of benzene rings is 3. The van der Waals surface area contributed by atoms with E-state index >= 15 is 0 Å². The third-order valence-electron chi connectivity index (χ3n) is 3.88. The van der Waals surface area contributed by atoms with Crippen LogP contribution in [0.15, 0.2) is 72.8 Å². The van der Waals surface area contributed by atoms with Crippen LogP contribution in [0.2, 0.25) is 5.02 Å². The first-order chi connectivity index (χ1) is 13.9. The summed E-state index contributed by atoms with van der Waals surface area (Å²) in [6.45, 7) is -2.95. The highest BCUT2D eigenvalue weighted by atomic mass is 35.5. The Bertz CT molecular complexity index is 1030. The van der Waals surface area contributed by atoms with Crippen LogP contribution in [0.4, 0.5) is 14.5 Å². The maximum absolute atomic E-state index is 12.7. The van der Waals surface area contributed by atoms with Gasteiger partial charge in [0.05, 0.1) is 10.6 Å². The molecule has 0 saturated carbocycles. The fourth-order valence-electron chi connectivity index (χ4n) is 2.63. The fourth-order valence-corrected chi connectivity index (χ4v) is 3.06. The molecule has 2 N–H and O–H groups in total. The molecule has 0 aliphatic carbocycles. The molecule has 148 valence electrons. The van der Waals surface area contributed by atoms with Crippen LogP contribution >= 0.6 is 23.8 Å². The van der Waals surface area contributed by atoms with Crippen LogP contribution in [0.25, 0.3) is 11.1 Å². The van der Waals surface area contributed by atoms with E-state index in [0.29, 0.717) is 21.8 Å². The van der Waals surface area contributed by atoms with Gasteiger partial charge in [-0.1, -0.05) is 54.1 Å². The molecule has 0 saturated heterocycles. The minimum atomic E-state index is -2.95. The molecule has 3 rings (SSSR count). The predicted molar refractivity (Wildman–Crippen MR) is 114 cm³/mol. The van der Waals surface area contributed by atoms with Gasteiger partial charge in [0.25, 0.3) is 5.91 Å². The molecule has 0 aromatic heterocycles. The van der Waals surface area contributed by atoms with E-state index in [0.717, 1.165) is 0 Å². The Labute approximate surface area is 176 Å². The minimum absolute atomic E-state index is 0.0303. The molecule has 0 aliphatic rings. The van der Waals surface area contributed by atoms with Gasteiger partial charge in [0.15, 0.2) is 5.11 Å². The van der Waals surface area contributed by atoms with Crippen LogP contribution in [0.5, 0.6) is 5.75 Å². The molecular weight excluding hydrogens is 418 g/mol. The number of halogens is 3. The largest absolute Gasteiger partial charge is 0.434 e. The molecule has 0 unspecified atom stereocenters. The molecule has 29 heavy (non-hydrogen) atoms. The zero-order valence-corrected chi connectivity index (χ0v) is 16.4.